The number of aromatic hydroxyl groups is 2. The number of benzene rings is 2. The summed E-state index contributed by atoms with van der Waals surface area (Å²) in [6.07, 6.45) is 0. The highest BCUT2D eigenvalue weighted by Gasteiger charge is 2.12. The lowest BCUT2D eigenvalue weighted by atomic mass is 10.2. The zero-order chi connectivity index (χ0) is 18.1. The molecule has 0 aliphatic heterocycles. The molecule has 0 unspecified atom stereocenters. The lowest BCUT2D eigenvalue weighted by Crippen LogP contribution is -2.07. The van der Waals surface area contributed by atoms with E-state index < -0.39 is 0 Å². The predicted molar refractivity (Wildman–Crippen MR) is 97.7 cm³/mol. The number of aromatic nitrogens is 4. The zero-order valence-electron chi connectivity index (χ0n) is 13.7. The standard InChI is InChI=1S/C18H16N6O2/c19-18-21-15(20-10-11-4-2-1-3-5-11)9-16-22-17(23-24(16)18)12-6-13(25)8-14(26)7-12/h1-9,20,25-26H,10H2,(H2,19,21). The molecule has 8 heteroatoms. The fourth-order valence-corrected chi connectivity index (χ4v) is 2.64. The minimum atomic E-state index is -0.0739. The molecule has 0 radical (unpaired) electrons. The van der Waals surface area contributed by atoms with Gasteiger partial charge in [0.2, 0.25) is 5.95 Å². The molecule has 0 atom stereocenters. The fraction of sp³-hybridized carbons (Fsp3) is 0.0556. The van der Waals surface area contributed by atoms with E-state index in [1.165, 1.54) is 22.7 Å². The molecular weight excluding hydrogens is 332 g/mol. The number of rotatable bonds is 4. The van der Waals surface area contributed by atoms with Crippen LogP contribution in [0.5, 0.6) is 11.5 Å². The van der Waals surface area contributed by atoms with E-state index in [0.29, 0.717) is 29.4 Å². The molecule has 0 aliphatic rings. The molecule has 0 spiro atoms. The highest BCUT2D eigenvalue weighted by atomic mass is 16.3. The van der Waals surface area contributed by atoms with Crippen LogP contribution in [-0.4, -0.2) is 29.8 Å². The van der Waals surface area contributed by atoms with E-state index in [0.717, 1.165) is 5.56 Å². The Hall–Kier alpha value is -3.81. The number of fused-ring (bicyclic) bond motifs is 1. The molecule has 2 aromatic heterocycles. The highest BCUT2D eigenvalue weighted by molar-refractivity contribution is 5.64. The quantitative estimate of drug-likeness (QED) is 0.447. The summed E-state index contributed by atoms with van der Waals surface area (Å²) in [5, 5.41) is 26.8. The van der Waals surface area contributed by atoms with Gasteiger partial charge in [-0.15, -0.1) is 5.10 Å². The molecular formula is C18H16N6O2. The van der Waals surface area contributed by atoms with E-state index in [-0.39, 0.29) is 17.4 Å². The number of anilines is 2. The number of nitrogens with one attached hydrogen (secondary N) is 1. The van der Waals surface area contributed by atoms with Gasteiger partial charge in [-0.3, -0.25) is 0 Å². The second-order valence-electron chi connectivity index (χ2n) is 5.78. The van der Waals surface area contributed by atoms with Crippen molar-refractivity contribution in [2.75, 3.05) is 11.1 Å². The Kier molecular flexibility index (Phi) is 3.77. The van der Waals surface area contributed by atoms with Crippen LogP contribution in [0.4, 0.5) is 11.8 Å². The lowest BCUT2D eigenvalue weighted by Gasteiger charge is -2.06. The second kappa shape index (κ2) is 6.25. The van der Waals surface area contributed by atoms with Crippen LogP contribution in [0, 0.1) is 0 Å². The first kappa shape index (κ1) is 15.7. The van der Waals surface area contributed by atoms with Gasteiger partial charge in [-0.25, -0.2) is 4.98 Å². The molecule has 0 saturated carbocycles. The Morgan fingerprint density at radius 2 is 1.69 bits per heavy atom. The first-order valence-electron chi connectivity index (χ1n) is 7.93. The molecule has 0 amide bonds. The Morgan fingerprint density at radius 3 is 2.42 bits per heavy atom. The summed E-state index contributed by atoms with van der Waals surface area (Å²) in [7, 11) is 0. The van der Waals surface area contributed by atoms with Gasteiger partial charge in [-0.1, -0.05) is 30.3 Å². The predicted octanol–water partition coefficient (Wildman–Crippen LogP) is 2.40. The molecule has 4 rings (SSSR count). The lowest BCUT2D eigenvalue weighted by molar-refractivity contribution is 0.451. The monoisotopic (exact) mass is 348 g/mol. The van der Waals surface area contributed by atoms with Gasteiger partial charge in [0.05, 0.1) is 0 Å². The normalized spacial score (nSPS) is 10.9. The molecule has 4 aromatic rings. The van der Waals surface area contributed by atoms with Crippen molar-refractivity contribution in [1.29, 1.82) is 0 Å². The number of phenols is 2. The maximum absolute atomic E-state index is 9.64. The van der Waals surface area contributed by atoms with Crippen molar-refractivity contribution in [1.82, 2.24) is 19.6 Å². The maximum Gasteiger partial charge on any atom is 0.225 e. The van der Waals surface area contributed by atoms with E-state index >= 15 is 0 Å². The first-order chi connectivity index (χ1) is 12.6. The van der Waals surface area contributed by atoms with Crippen molar-refractivity contribution in [3.05, 3.63) is 60.2 Å². The molecule has 5 N–H and O–H groups in total. The fourth-order valence-electron chi connectivity index (χ4n) is 2.64. The van der Waals surface area contributed by atoms with Crippen molar-refractivity contribution in [2.24, 2.45) is 0 Å². The zero-order valence-corrected chi connectivity index (χ0v) is 13.7. The summed E-state index contributed by atoms with van der Waals surface area (Å²) < 4.78 is 1.41. The topological polar surface area (TPSA) is 122 Å². The van der Waals surface area contributed by atoms with E-state index in [1.807, 2.05) is 30.3 Å². The molecule has 0 aliphatic carbocycles. The van der Waals surface area contributed by atoms with Crippen LogP contribution in [0.2, 0.25) is 0 Å². The van der Waals surface area contributed by atoms with Gasteiger partial charge in [0.15, 0.2) is 11.5 Å². The van der Waals surface area contributed by atoms with E-state index in [9.17, 15) is 10.2 Å². The van der Waals surface area contributed by atoms with Crippen molar-refractivity contribution in [3.63, 3.8) is 0 Å². The molecule has 0 fully saturated rings. The number of nitrogen functional groups attached to an aromatic ring is 1. The van der Waals surface area contributed by atoms with Crippen molar-refractivity contribution in [3.8, 4) is 22.9 Å². The van der Waals surface area contributed by atoms with Crippen molar-refractivity contribution in [2.45, 2.75) is 6.54 Å². The summed E-state index contributed by atoms with van der Waals surface area (Å²) in [6, 6.07) is 15.8. The molecule has 130 valence electrons. The molecule has 8 nitrogen and oxygen atoms in total. The average molecular weight is 348 g/mol. The third-order valence-corrected chi connectivity index (χ3v) is 3.83. The average Bonchev–Trinajstić information content (AvgIpc) is 3.05. The number of hydrogen-bond donors (Lipinski definition) is 4. The number of nitrogens with two attached hydrogens (primary N) is 1. The minimum absolute atomic E-state index is 0.0739. The second-order valence-corrected chi connectivity index (χ2v) is 5.78. The summed E-state index contributed by atoms with van der Waals surface area (Å²) >= 11 is 0. The Morgan fingerprint density at radius 1 is 0.962 bits per heavy atom. The van der Waals surface area contributed by atoms with Crippen LogP contribution in [0.3, 0.4) is 0 Å². The molecule has 26 heavy (non-hydrogen) atoms. The number of hydrogen-bond acceptors (Lipinski definition) is 7. The highest BCUT2D eigenvalue weighted by Crippen LogP contribution is 2.27. The van der Waals surface area contributed by atoms with Crippen LogP contribution in [0.15, 0.2) is 54.6 Å². The van der Waals surface area contributed by atoms with Crippen LogP contribution in [-0.2, 0) is 6.54 Å². The first-order valence-corrected chi connectivity index (χ1v) is 7.93. The Labute approximate surface area is 148 Å². The van der Waals surface area contributed by atoms with Gasteiger partial charge in [0, 0.05) is 24.2 Å². The third kappa shape index (κ3) is 3.07. The van der Waals surface area contributed by atoms with Crippen LogP contribution < -0.4 is 11.1 Å². The summed E-state index contributed by atoms with van der Waals surface area (Å²) in [5.74, 6) is 0.938. The van der Waals surface area contributed by atoms with Gasteiger partial charge in [-0.2, -0.15) is 9.50 Å². The largest absolute Gasteiger partial charge is 0.508 e. The molecule has 0 saturated heterocycles. The van der Waals surface area contributed by atoms with Gasteiger partial charge in [0.1, 0.15) is 17.3 Å². The van der Waals surface area contributed by atoms with Gasteiger partial charge < -0.3 is 21.3 Å². The SMILES string of the molecule is Nc1nc(NCc2ccccc2)cc2nc(-c3cc(O)cc(O)c3)nn12. The Bertz CT molecular complexity index is 1060. The van der Waals surface area contributed by atoms with Crippen molar-refractivity contribution >= 4 is 17.4 Å². The van der Waals surface area contributed by atoms with E-state index in [2.05, 4.69) is 20.4 Å². The van der Waals surface area contributed by atoms with E-state index in [1.54, 1.807) is 6.07 Å². The minimum Gasteiger partial charge on any atom is -0.508 e. The summed E-state index contributed by atoms with van der Waals surface area (Å²) in [4.78, 5) is 8.70. The van der Waals surface area contributed by atoms with Gasteiger partial charge in [0.25, 0.3) is 0 Å². The molecule has 2 heterocycles. The van der Waals surface area contributed by atoms with E-state index in [4.69, 9.17) is 5.73 Å². The van der Waals surface area contributed by atoms with Gasteiger partial charge in [-0.05, 0) is 17.7 Å². The Balaban J connectivity index is 1.66. The molecule has 0 bridgehead atoms. The third-order valence-electron chi connectivity index (χ3n) is 3.83. The molecule has 2 aromatic carbocycles. The van der Waals surface area contributed by atoms with Crippen LogP contribution >= 0.6 is 0 Å². The van der Waals surface area contributed by atoms with Crippen LogP contribution in [0.25, 0.3) is 17.0 Å². The maximum atomic E-state index is 9.64. The van der Waals surface area contributed by atoms with Crippen molar-refractivity contribution < 1.29 is 10.2 Å². The van der Waals surface area contributed by atoms with Crippen LogP contribution in [0.1, 0.15) is 5.56 Å². The van der Waals surface area contributed by atoms with Gasteiger partial charge >= 0.3 is 0 Å². The number of nitrogens with zero attached hydrogens (tertiary/aromatic N) is 4. The summed E-state index contributed by atoms with van der Waals surface area (Å²) in [5.41, 5.74) is 8.09. The smallest absolute Gasteiger partial charge is 0.225 e. The number of phenolic OH excluding ortho intramolecular Hbond substituents is 2. The summed E-state index contributed by atoms with van der Waals surface area (Å²) in [6.45, 7) is 0.602.